The molecule has 0 unspecified atom stereocenters. The van der Waals surface area contributed by atoms with Gasteiger partial charge in [0.05, 0.1) is 0 Å². The first-order chi connectivity index (χ1) is 36.7. The van der Waals surface area contributed by atoms with E-state index < -0.39 is 0 Å². The van der Waals surface area contributed by atoms with Crippen LogP contribution in [0, 0.1) is 0 Å². The van der Waals surface area contributed by atoms with Crippen molar-refractivity contribution < 1.29 is 0 Å². The second-order valence-electron chi connectivity index (χ2n) is 18.6. The van der Waals surface area contributed by atoms with E-state index in [1.54, 1.807) is 0 Å². The minimum absolute atomic E-state index is 1.10. The van der Waals surface area contributed by atoms with Gasteiger partial charge in [-0.1, -0.05) is 243 Å². The molecule has 350 valence electrons. The van der Waals surface area contributed by atoms with Gasteiger partial charge in [0.15, 0.2) is 0 Å². The molecule has 2 heteroatoms. The Morgan fingerprint density at radius 2 is 0.216 bits per heavy atom. The molecule has 12 rings (SSSR count). The fourth-order valence-electron chi connectivity index (χ4n) is 9.94. The van der Waals surface area contributed by atoms with Gasteiger partial charge < -0.3 is 9.80 Å². The van der Waals surface area contributed by atoms with Crippen molar-refractivity contribution in [2.24, 2.45) is 0 Å². The maximum atomic E-state index is 2.33. The van der Waals surface area contributed by atoms with Crippen LogP contribution in [0.25, 0.3) is 77.9 Å². The van der Waals surface area contributed by atoms with Gasteiger partial charge in [0.25, 0.3) is 0 Å². The van der Waals surface area contributed by atoms with E-state index in [1.165, 1.54) is 77.9 Å². The minimum atomic E-state index is 1.10. The average molecular weight is 945 g/mol. The Hall–Kier alpha value is -9.76. The summed E-state index contributed by atoms with van der Waals surface area (Å²) in [6.45, 7) is 0. The standard InChI is InChI=1S/C72H52N2/c1-5-13-53(14-6-1)61-29-41-67(42-30-61)73(68-43-31-62(32-44-68)54-15-7-2-8-16-54)71-49-37-65(38-50-71)59-25-21-57(22-26-59)58-23-27-60(28-24-58)66-39-51-72(52-40-66)74(69-45-33-63(34-46-69)55-17-9-3-10-18-55)70-47-35-64(36-48-70)56-19-11-4-12-20-56/h1-52H. The van der Waals surface area contributed by atoms with Gasteiger partial charge in [0.2, 0.25) is 0 Å². The Morgan fingerprint density at radius 3 is 0.351 bits per heavy atom. The normalized spacial score (nSPS) is 11.0. The van der Waals surface area contributed by atoms with E-state index in [1.807, 2.05) is 0 Å². The van der Waals surface area contributed by atoms with Gasteiger partial charge in [-0.15, -0.1) is 0 Å². The molecule has 0 amide bonds. The molecule has 0 aliphatic carbocycles. The van der Waals surface area contributed by atoms with Crippen LogP contribution in [0.4, 0.5) is 34.1 Å². The third kappa shape index (κ3) is 9.81. The zero-order chi connectivity index (χ0) is 49.5. The fourth-order valence-corrected chi connectivity index (χ4v) is 9.94. The molecule has 0 spiro atoms. The molecule has 0 saturated heterocycles. The number of benzene rings is 12. The van der Waals surface area contributed by atoms with E-state index in [-0.39, 0.29) is 0 Å². The summed E-state index contributed by atoms with van der Waals surface area (Å²) in [5.41, 5.74) is 23.3. The molecule has 12 aromatic carbocycles. The summed E-state index contributed by atoms with van der Waals surface area (Å²) in [7, 11) is 0. The third-order valence-corrected chi connectivity index (χ3v) is 14.0. The zero-order valence-electron chi connectivity index (χ0n) is 40.9. The van der Waals surface area contributed by atoms with Crippen molar-refractivity contribution in [2.45, 2.75) is 0 Å². The maximum absolute atomic E-state index is 2.33. The van der Waals surface area contributed by atoms with Crippen LogP contribution in [0.2, 0.25) is 0 Å². The molecule has 0 N–H and O–H groups in total. The van der Waals surface area contributed by atoms with Crippen LogP contribution >= 0.6 is 0 Å². The van der Waals surface area contributed by atoms with Gasteiger partial charge >= 0.3 is 0 Å². The SMILES string of the molecule is c1ccc(-c2ccc(N(c3ccc(-c4ccccc4)cc3)c3ccc(-c4ccc(-c5ccc(-c6ccc(N(c7ccc(-c8ccccc8)cc7)c7ccc(-c8ccccc8)cc7)cc6)cc5)cc4)cc3)cc2)cc1. The Labute approximate surface area is 435 Å². The van der Waals surface area contributed by atoms with Gasteiger partial charge in [-0.05, 0) is 151 Å². The second-order valence-corrected chi connectivity index (χ2v) is 18.6. The van der Waals surface area contributed by atoms with E-state index in [0.29, 0.717) is 0 Å². The highest BCUT2D eigenvalue weighted by Crippen LogP contribution is 2.40. The van der Waals surface area contributed by atoms with Crippen molar-refractivity contribution in [3.63, 3.8) is 0 Å². The fraction of sp³-hybridized carbons (Fsp3) is 0. The first kappa shape index (κ1) is 45.4. The average Bonchev–Trinajstić information content (AvgIpc) is 3.49. The molecule has 0 aromatic heterocycles. The van der Waals surface area contributed by atoms with Crippen LogP contribution < -0.4 is 9.80 Å². The molecular formula is C72H52N2. The van der Waals surface area contributed by atoms with Crippen LogP contribution in [0.5, 0.6) is 0 Å². The quantitative estimate of drug-likeness (QED) is 0.114. The highest BCUT2D eigenvalue weighted by atomic mass is 15.1. The maximum Gasteiger partial charge on any atom is 0.0462 e. The highest BCUT2D eigenvalue weighted by Gasteiger charge is 2.16. The van der Waals surface area contributed by atoms with E-state index >= 15 is 0 Å². The summed E-state index contributed by atoms with van der Waals surface area (Å²) in [5, 5.41) is 0. The third-order valence-electron chi connectivity index (χ3n) is 14.0. The monoisotopic (exact) mass is 944 g/mol. The van der Waals surface area contributed by atoms with Gasteiger partial charge in [0.1, 0.15) is 0 Å². The molecule has 0 fully saturated rings. The molecule has 74 heavy (non-hydrogen) atoms. The zero-order valence-corrected chi connectivity index (χ0v) is 40.9. The summed E-state index contributed by atoms with van der Waals surface area (Å²) in [6, 6.07) is 113. The van der Waals surface area contributed by atoms with Crippen LogP contribution in [0.15, 0.2) is 315 Å². The summed E-state index contributed by atoms with van der Waals surface area (Å²) in [4.78, 5) is 4.67. The van der Waals surface area contributed by atoms with Crippen molar-refractivity contribution in [3.8, 4) is 77.9 Å². The summed E-state index contributed by atoms with van der Waals surface area (Å²) in [6.07, 6.45) is 0. The van der Waals surface area contributed by atoms with Gasteiger partial charge in [-0.3, -0.25) is 0 Å². The number of hydrogen-bond acceptors (Lipinski definition) is 2. The Balaban J connectivity index is 0.766. The molecular weight excluding hydrogens is 893 g/mol. The van der Waals surface area contributed by atoms with Crippen LogP contribution in [0.1, 0.15) is 0 Å². The summed E-state index contributed by atoms with van der Waals surface area (Å²) < 4.78 is 0. The topological polar surface area (TPSA) is 6.48 Å². The Bertz CT molecular complexity index is 3290. The lowest BCUT2D eigenvalue weighted by molar-refractivity contribution is 1.28. The minimum Gasteiger partial charge on any atom is -0.311 e. The molecule has 0 bridgehead atoms. The first-order valence-corrected chi connectivity index (χ1v) is 25.3. The summed E-state index contributed by atoms with van der Waals surface area (Å²) >= 11 is 0. The molecule has 0 heterocycles. The molecule has 2 nitrogen and oxygen atoms in total. The van der Waals surface area contributed by atoms with Gasteiger partial charge in [-0.2, -0.15) is 0 Å². The predicted octanol–water partition coefficient (Wildman–Crippen LogP) is 20.3. The van der Waals surface area contributed by atoms with Crippen LogP contribution in [-0.4, -0.2) is 0 Å². The molecule has 0 aliphatic rings. The van der Waals surface area contributed by atoms with Crippen molar-refractivity contribution in [1.82, 2.24) is 0 Å². The van der Waals surface area contributed by atoms with E-state index in [4.69, 9.17) is 0 Å². The van der Waals surface area contributed by atoms with E-state index in [9.17, 15) is 0 Å². The summed E-state index contributed by atoms with van der Waals surface area (Å²) in [5.74, 6) is 0. The second kappa shape index (κ2) is 20.9. The lowest BCUT2D eigenvalue weighted by Gasteiger charge is -2.26. The van der Waals surface area contributed by atoms with Gasteiger partial charge in [-0.25, -0.2) is 0 Å². The number of nitrogens with zero attached hydrogens (tertiary/aromatic N) is 2. The number of hydrogen-bond donors (Lipinski definition) is 0. The Kier molecular flexibility index (Phi) is 12.8. The lowest BCUT2D eigenvalue weighted by Crippen LogP contribution is -2.09. The number of anilines is 6. The largest absolute Gasteiger partial charge is 0.311 e. The number of rotatable bonds is 13. The molecule has 0 radical (unpaired) electrons. The molecule has 0 saturated carbocycles. The van der Waals surface area contributed by atoms with Crippen LogP contribution in [-0.2, 0) is 0 Å². The highest BCUT2D eigenvalue weighted by molar-refractivity contribution is 5.84. The van der Waals surface area contributed by atoms with Crippen molar-refractivity contribution >= 4 is 34.1 Å². The van der Waals surface area contributed by atoms with Crippen molar-refractivity contribution in [3.05, 3.63) is 315 Å². The molecule has 12 aromatic rings. The van der Waals surface area contributed by atoms with E-state index in [2.05, 4.69) is 325 Å². The van der Waals surface area contributed by atoms with Gasteiger partial charge in [0, 0.05) is 34.1 Å². The van der Waals surface area contributed by atoms with Crippen molar-refractivity contribution in [1.29, 1.82) is 0 Å². The Morgan fingerprint density at radius 1 is 0.108 bits per heavy atom. The van der Waals surface area contributed by atoms with Crippen molar-refractivity contribution in [2.75, 3.05) is 9.80 Å². The van der Waals surface area contributed by atoms with E-state index in [0.717, 1.165) is 34.1 Å². The smallest absolute Gasteiger partial charge is 0.0462 e. The molecule has 0 aliphatic heterocycles. The molecule has 0 atom stereocenters. The van der Waals surface area contributed by atoms with Crippen LogP contribution in [0.3, 0.4) is 0 Å². The lowest BCUT2D eigenvalue weighted by atomic mass is 9.97. The first-order valence-electron chi connectivity index (χ1n) is 25.3. The predicted molar refractivity (Wildman–Crippen MR) is 314 cm³/mol.